The van der Waals surface area contributed by atoms with Gasteiger partial charge in [-0.25, -0.2) is 13.8 Å². The zero-order valence-corrected chi connectivity index (χ0v) is 23.9. The Labute approximate surface area is 248 Å². The van der Waals surface area contributed by atoms with Crippen LogP contribution in [0.15, 0.2) is 54.7 Å². The number of hydrogen-bond acceptors (Lipinski definition) is 7. The van der Waals surface area contributed by atoms with Crippen molar-refractivity contribution in [3.05, 3.63) is 77.2 Å². The van der Waals surface area contributed by atoms with Gasteiger partial charge >= 0.3 is 0 Å². The predicted octanol–water partition coefficient (Wildman–Crippen LogP) is 3.76. The van der Waals surface area contributed by atoms with Crippen molar-refractivity contribution in [3.63, 3.8) is 0 Å². The van der Waals surface area contributed by atoms with E-state index in [9.17, 15) is 14.4 Å². The van der Waals surface area contributed by atoms with Gasteiger partial charge in [0.05, 0.1) is 7.11 Å². The van der Waals surface area contributed by atoms with Crippen LogP contribution in [0.3, 0.4) is 0 Å². The summed E-state index contributed by atoms with van der Waals surface area (Å²) in [7, 11) is 1.58. The largest absolute Gasteiger partial charge is 0.497 e. The molecule has 2 N–H and O–H groups in total. The maximum Gasteiger partial charge on any atom is 0.255 e. The third-order valence-electron chi connectivity index (χ3n) is 8.54. The van der Waals surface area contributed by atoms with Crippen LogP contribution < -0.4 is 20.3 Å². The van der Waals surface area contributed by atoms with Gasteiger partial charge in [-0.05, 0) is 47.4 Å². The molecule has 3 aliphatic heterocycles. The molecule has 2 fully saturated rings. The number of nitrogens with zero attached hydrogens (tertiary/aromatic N) is 3. The number of carbonyl (C=O) groups is 3. The highest BCUT2D eigenvalue weighted by molar-refractivity contribution is 6.05. The third-order valence-corrected chi connectivity index (χ3v) is 8.54. The van der Waals surface area contributed by atoms with Crippen molar-refractivity contribution >= 4 is 23.5 Å². The zero-order chi connectivity index (χ0) is 30.1. The minimum atomic E-state index is -1.44. The van der Waals surface area contributed by atoms with E-state index in [4.69, 9.17) is 4.74 Å². The fourth-order valence-corrected chi connectivity index (χ4v) is 6.09. The molecule has 6 rings (SSSR count). The molecule has 224 valence electrons. The first-order chi connectivity index (χ1) is 20.7. The standard InChI is InChI=1S/C32H33F2N5O4/c1-43-24-4-2-3-21(14-24)22-15-26(33)29(36-17-22)38-11-9-32(34,10-12-38)19-35-16-20-5-6-25-23(13-20)18-39(31(25)42)27-7-8-28(40)37-30(27)41/h2-6,13-15,17,27,35H,7-12,16,18-19H2,1H3,(H,37,40,41). The molecule has 0 radical (unpaired) electrons. The Morgan fingerprint density at radius 2 is 1.91 bits per heavy atom. The van der Waals surface area contributed by atoms with Crippen LogP contribution in [0.4, 0.5) is 14.6 Å². The number of halogens is 2. The summed E-state index contributed by atoms with van der Waals surface area (Å²) in [6.45, 7) is 1.54. The summed E-state index contributed by atoms with van der Waals surface area (Å²) in [4.78, 5) is 44.3. The van der Waals surface area contributed by atoms with E-state index in [-0.39, 0.29) is 43.4 Å². The summed E-state index contributed by atoms with van der Waals surface area (Å²) >= 11 is 0. The second kappa shape index (κ2) is 11.7. The summed E-state index contributed by atoms with van der Waals surface area (Å²) in [6.07, 6.45) is 2.61. The number of rotatable bonds is 8. The van der Waals surface area contributed by atoms with Crippen molar-refractivity contribution in [2.75, 3.05) is 31.6 Å². The average Bonchev–Trinajstić information content (AvgIpc) is 3.32. The van der Waals surface area contributed by atoms with Crippen molar-refractivity contribution in [2.24, 2.45) is 0 Å². The van der Waals surface area contributed by atoms with Crippen molar-refractivity contribution in [3.8, 4) is 16.9 Å². The molecule has 2 aromatic carbocycles. The Morgan fingerprint density at radius 3 is 2.65 bits per heavy atom. The SMILES string of the molecule is COc1cccc(-c2cnc(N3CCC(F)(CNCc4ccc5c(c4)CN(C4CCC(=O)NC4=O)C5=O)CC3)c(F)c2)c1. The number of hydrogen-bond donors (Lipinski definition) is 2. The van der Waals surface area contributed by atoms with Gasteiger partial charge in [0.25, 0.3) is 5.91 Å². The Morgan fingerprint density at radius 1 is 1.09 bits per heavy atom. The molecule has 9 nitrogen and oxygen atoms in total. The number of aromatic nitrogens is 1. The molecular formula is C32H33F2N5O4. The lowest BCUT2D eigenvalue weighted by molar-refractivity contribution is -0.136. The van der Waals surface area contributed by atoms with Crippen LogP contribution in [0.1, 0.15) is 47.2 Å². The molecule has 3 aliphatic rings. The molecule has 0 saturated carbocycles. The highest BCUT2D eigenvalue weighted by Gasteiger charge is 2.39. The van der Waals surface area contributed by atoms with E-state index in [1.807, 2.05) is 36.4 Å². The van der Waals surface area contributed by atoms with Gasteiger partial charge in [-0.3, -0.25) is 19.7 Å². The Bertz CT molecular complexity index is 1570. The second-order valence-electron chi connectivity index (χ2n) is 11.4. The number of pyridine rings is 1. The first-order valence-electron chi connectivity index (χ1n) is 14.4. The molecule has 4 heterocycles. The minimum Gasteiger partial charge on any atom is -0.497 e. The summed E-state index contributed by atoms with van der Waals surface area (Å²) in [5, 5.41) is 5.52. The van der Waals surface area contributed by atoms with Crippen LogP contribution in [0.5, 0.6) is 5.75 Å². The number of benzene rings is 2. The lowest BCUT2D eigenvalue weighted by Crippen LogP contribution is -2.52. The maximum absolute atomic E-state index is 15.7. The van der Waals surface area contributed by atoms with Gasteiger partial charge in [0.15, 0.2) is 11.6 Å². The highest BCUT2D eigenvalue weighted by Crippen LogP contribution is 2.32. The van der Waals surface area contributed by atoms with Gasteiger partial charge in [0.1, 0.15) is 17.5 Å². The Balaban J connectivity index is 1.01. The molecule has 0 aliphatic carbocycles. The molecule has 3 amide bonds. The number of carbonyl (C=O) groups excluding carboxylic acids is 3. The van der Waals surface area contributed by atoms with Gasteiger partial charge < -0.3 is 19.9 Å². The zero-order valence-electron chi connectivity index (χ0n) is 23.9. The summed E-state index contributed by atoms with van der Waals surface area (Å²) in [5.41, 5.74) is 2.25. The average molecular weight is 590 g/mol. The number of alkyl halides is 1. The number of anilines is 1. The van der Waals surface area contributed by atoms with Crippen molar-refractivity contribution < 1.29 is 27.9 Å². The maximum atomic E-state index is 15.7. The number of nitrogens with one attached hydrogen (secondary N) is 2. The minimum absolute atomic E-state index is 0.143. The van der Waals surface area contributed by atoms with Crippen LogP contribution >= 0.6 is 0 Å². The molecule has 1 atom stereocenters. The molecular weight excluding hydrogens is 556 g/mol. The molecule has 3 aromatic rings. The first kappa shape index (κ1) is 28.7. The molecule has 0 spiro atoms. The van der Waals surface area contributed by atoms with Crippen molar-refractivity contribution in [1.29, 1.82) is 0 Å². The predicted molar refractivity (Wildman–Crippen MR) is 156 cm³/mol. The Kier molecular flexibility index (Phi) is 7.83. The van der Waals surface area contributed by atoms with E-state index in [0.29, 0.717) is 49.5 Å². The normalized spacial score (nSPS) is 19.8. The van der Waals surface area contributed by atoms with Gasteiger partial charge in [-0.15, -0.1) is 0 Å². The second-order valence-corrected chi connectivity index (χ2v) is 11.4. The number of fused-ring (bicyclic) bond motifs is 1. The molecule has 43 heavy (non-hydrogen) atoms. The van der Waals surface area contributed by atoms with Gasteiger partial charge in [-0.2, -0.15) is 0 Å². The van der Waals surface area contributed by atoms with E-state index in [0.717, 1.165) is 16.7 Å². The number of amides is 3. The molecule has 0 bridgehead atoms. The van der Waals surface area contributed by atoms with Crippen LogP contribution in [0.25, 0.3) is 11.1 Å². The Hall–Kier alpha value is -4.38. The van der Waals surface area contributed by atoms with Crippen molar-refractivity contribution in [2.45, 2.75) is 50.5 Å². The number of methoxy groups -OCH3 is 1. The summed E-state index contributed by atoms with van der Waals surface area (Å²) in [5.74, 6) is -0.537. The molecule has 11 heteroatoms. The van der Waals surface area contributed by atoms with Gasteiger partial charge in [0, 0.05) is 69.3 Å². The van der Waals surface area contributed by atoms with Crippen molar-refractivity contribution in [1.82, 2.24) is 20.5 Å². The molecule has 1 unspecified atom stereocenters. The van der Waals surface area contributed by atoms with E-state index in [1.165, 1.54) is 11.0 Å². The van der Waals surface area contributed by atoms with Gasteiger partial charge in [-0.1, -0.05) is 24.3 Å². The summed E-state index contributed by atoms with van der Waals surface area (Å²) in [6, 6.07) is 13.6. The summed E-state index contributed by atoms with van der Waals surface area (Å²) < 4.78 is 36.0. The molecule has 1 aromatic heterocycles. The third kappa shape index (κ3) is 5.94. The highest BCUT2D eigenvalue weighted by atomic mass is 19.1. The van der Waals surface area contributed by atoms with Crippen LogP contribution in [0.2, 0.25) is 0 Å². The number of imide groups is 1. The smallest absolute Gasteiger partial charge is 0.255 e. The lowest BCUT2D eigenvalue weighted by Gasteiger charge is -2.37. The van der Waals surface area contributed by atoms with Crippen LogP contribution in [0, 0.1) is 5.82 Å². The topological polar surface area (TPSA) is 104 Å². The van der Waals surface area contributed by atoms with Crippen LogP contribution in [-0.4, -0.2) is 66.1 Å². The fraction of sp³-hybridized carbons (Fsp3) is 0.375. The first-order valence-corrected chi connectivity index (χ1v) is 14.4. The van der Waals surface area contributed by atoms with E-state index in [2.05, 4.69) is 15.6 Å². The fourth-order valence-electron chi connectivity index (χ4n) is 6.09. The molecule has 2 saturated heterocycles. The monoisotopic (exact) mass is 589 g/mol. The number of ether oxygens (including phenoxy) is 1. The quantitative estimate of drug-likeness (QED) is 0.386. The van der Waals surface area contributed by atoms with E-state index >= 15 is 8.78 Å². The lowest BCUT2D eigenvalue weighted by atomic mass is 9.93. The van der Waals surface area contributed by atoms with Gasteiger partial charge in [0.2, 0.25) is 11.8 Å². The number of piperidine rings is 2. The van der Waals surface area contributed by atoms with E-state index in [1.54, 1.807) is 24.3 Å². The van der Waals surface area contributed by atoms with Crippen LogP contribution in [-0.2, 0) is 22.7 Å². The van der Waals surface area contributed by atoms with E-state index < -0.39 is 23.4 Å².